The third-order valence-electron chi connectivity index (χ3n) is 1.58. The fourth-order valence-corrected chi connectivity index (χ4v) is 0.474. The molecule has 0 spiro atoms. The Morgan fingerprint density at radius 1 is 1.45 bits per heavy atom. The summed E-state index contributed by atoms with van der Waals surface area (Å²) >= 11 is 0. The van der Waals surface area contributed by atoms with Crippen LogP contribution in [-0.2, 0) is 14.3 Å². The van der Waals surface area contributed by atoms with Crippen LogP contribution in [0.25, 0.3) is 0 Å². The lowest BCUT2D eigenvalue weighted by atomic mass is 10.3. The molecule has 3 heteroatoms. The zero-order valence-corrected chi connectivity index (χ0v) is 7.59. The number of carbonyl (C=O) groups is 1. The summed E-state index contributed by atoms with van der Waals surface area (Å²) < 4.78 is 9.77. The van der Waals surface area contributed by atoms with Gasteiger partial charge >= 0.3 is 5.97 Å². The van der Waals surface area contributed by atoms with E-state index in [9.17, 15) is 4.79 Å². The fraction of sp³-hybridized carbons (Fsp3) is 0.875. The molecule has 0 amide bonds. The Kier molecular flexibility index (Phi) is 4.86. The zero-order valence-electron chi connectivity index (χ0n) is 7.59. The van der Waals surface area contributed by atoms with Crippen molar-refractivity contribution in [3.8, 4) is 0 Å². The standard InChI is InChI=1S/C8H16O3/c1-5-6(2)11-8(9)7(3)10-4/h6-7H,5H2,1-4H3/t6-,7+/m1/s1. The van der Waals surface area contributed by atoms with Crippen LogP contribution in [0.2, 0.25) is 0 Å². The van der Waals surface area contributed by atoms with Crippen LogP contribution in [0.4, 0.5) is 0 Å². The van der Waals surface area contributed by atoms with Crippen LogP contribution in [-0.4, -0.2) is 25.3 Å². The lowest BCUT2D eigenvalue weighted by molar-refractivity contribution is -0.159. The molecule has 0 aromatic carbocycles. The maximum absolute atomic E-state index is 11.0. The van der Waals surface area contributed by atoms with Crippen LogP contribution in [0.1, 0.15) is 27.2 Å². The highest BCUT2D eigenvalue weighted by atomic mass is 16.6. The SMILES string of the molecule is CC[C@@H](C)OC(=O)[C@H](C)OC. The van der Waals surface area contributed by atoms with Crippen molar-refractivity contribution in [2.75, 3.05) is 7.11 Å². The van der Waals surface area contributed by atoms with E-state index < -0.39 is 6.10 Å². The Hall–Kier alpha value is -0.570. The van der Waals surface area contributed by atoms with E-state index in [4.69, 9.17) is 9.47 Å². The van der Waals surface area contributed by atoms with Gasteiger partial charge in [0, 0.05) is 7.11 Å². The molecule has 0 saturated carbocycles. The predicted octanol–water partition coefficient (Wildman–Crippen LogP) is 1.36. The molecule has 0 aromatic rings. The van der Waals surface area contributed by atoms with Gasteiger partial charge in [0.2, 0.25) is 0 Å². The average Bonchev–Trinajstić information content (AvgIpc) is 2.02. The van der Waals surface area contributed by atoms with Gasteiger partial charge in [-0.05, 0) is 20.3 Å². The third kappa shape index (κ3) is 3.98. The van der Waals surface area contributed by atoms with Crippen molar-refractivity contribution in [2.45, 2.75) is 39.4 Å². The maximum atomic E-state index is 11.0. The minimum Gasteiger partial charge on any atom is -0.461 e. The van der Waals surface area contributed by atoms with Gasteiger partial charge < -0.3 is 9.47 Å². The Balaban J connectivity index is 3.68. The van der Waals surface area contributed by atoms with Crippen LogP contribution in [0.3, 0.4) is 0 Å². The number of methoxy groups -OCH3 is 1. The van der Waals surface area contributed by atoms with Crippen molar-refractivity contribution >= 4 is 5.97 Å². The monoisotopic (exact) mass is 160 g/mol. The summed E-state index contributed by atoms with van der Waals surface area (Å²) in [4.78, 5) is 11.0. The van der Waals surface area contributed by atoms with E-state index in [0.29, 0.717) is 0 Å². The molecule has 0 fully saturated rings. The van der Waals surface area contributed by atoms with Gasteiger partial charge in [-0.2, -0.15) is 0 Å². The summed E-state index contributed by atoms with van der Waals surface area (Å²) in [6.07, 6.45) is 0.367. The van der Waals surface area contributed by atoms with Crippen molar-refractivity contribution in [1.29, 1.82) is 0 Å². The number of hydrogen-bond acceptors (Lipinski definition) is 3. The number of ether oxygens (including phenoxy) is 2. The Labute approximate surface area is 67.7 Å². The normalized spacial score (nSPS) is 15.6. The summed E-state index contributed by atoms with van der Waals surface area (Å²) in [5.74, 6) is -0.290. The van der Waals surface area contributed by atoms with Gasteiger partial charge in [-0.3, -0.25) is 0 Å². The minimum absolute atomic E-state index is 0.0138. The first kappa shape index (κ1) is 10.4. The van der Waals surface area contributed by atoms with Crippen molar-refractivity contribution in [3.63, 3.8) is 0 Å². The maximum Gasteiger partial charge on any atom is 0.335 e. The van der Waals surface area contributed by atoms with E-state index in [-0.39, 0.29) is 12.1 Å². The molecular weight excluding hydrogens is 144 g/mol. The molecule has 0 unspecified atom stereocenters. The van der Waals surface area contributed by atoms with Gasteiger partial charge in [-0.15, -0.1) is 0 Å². The molecule has 0 aromatic heterocycles. The van der Waals surface area contributed by atoms with Crippen LogP contribution < -0.4 is 0 Å². The van der Waals surface area contributed by atoms with Gasteiger partial charge in [0.05, 0.1) is 6.10 Å². The molecule has 0 N–H and O–H groups in total. The molecule has 66 valence electrons. The Bertz CT molecular complexity index is 123. The van der Waals surface area contributed by atoms with E-state index in [1.54, 1.807) is 6.92 Å². The molecule has 0 heterocycles. The van der Waals surface area contributed by atoms with Crippen molar-refractivity contribution in [2.24, 2.45) is 0 Å². The first-order valence-corrected chi connectivity index (χ1v) is 3.85. The molecule has 0 saturated heterocycles. The molecule has 0 aliphatic heterocycles. The minimum atomic E-state index is -0.455. The molecule has 11 heavy (non-hydrogen) atoms. The van der Waals surface area contributed by atoms with Gasteiger partial charge in [0.1, 0.15) is 0 Å². The lowest BCUT2D eigenvalue weighted by Gasteiger charge is -2.13. The molecule has 3 nitrogen and oxygen atoms in total. The second kappa shape index (κ2) is 5.13. The highest BCUT2D eigenvalue weighted by Gasteiger charge is 2.14. The molecule has 0 radical (unpaired) electrons. The quantitative estimate of drug-likeness (QED) is 0.582. The molecule has 2 atom stereocenters. The molecule has 0 aliphatic rings. The molecule has 0 rings (SSSR count). The predicted molar refractivity (Wildman–Crippen MR) is 42.3 cm³/mol. The zero-order chi connectivity index (χ0) is 8.85. The largest absolute Gasteiger partial charge is 0.461 e. The second-order valence-electron chi connectivity index (χ2n) is 2.53. The summed E-state index contributed by atoms with van der Waals surface area (Å²) in [7, 11) is 1.49. The summed E-state index contributed by atoms with van der Waals surface area (Å²) in [6.45, 7) is 5.50. The first-order chi connectivity index (χ1) is 5.11. The van der Waals surface area contributed by atoms with E-state index in [2.05, 4.69) is 0 Å². The molecule has 0 aliphatic carbocycles. The van der Waals surface area contributed by atoms with Crippen molar-refractivity contribution in [1.82, 2.24) is 0 Å². The summed E-state index contributed by atoms with van der Waals surface area (Å²) in [5, 5.41) is 0. The van der Waals surface area contributed by atoms with E-state index in [1.165, 1.54) is 7.11 Å². The van der Waals surface area contributed by atoms with Crippen LogP contribution in [0, 0.1) is 0 Å². The molecule has 0 bridgehead atoms. The highest BCUT2D eigenvalue weighted by Crippen LogP contribution is 2.00. The van der Waals surface area contributed by atoms with E-state index in [0.717, 1.165) is 6.42 Å². The van der Waals surface area contributed by atoms with Crippen LogP contribution in [0.15, 0.2) is 0 Å². The van der Waals surface area contributed by atoms with Crippen LogP contribution >= 0.6 is 0 Å². The van der Waals surface area contributed by atoms with Crippen LogP contribution in [0.5, 0.6) is 0 Å². The summed E-state index contributed by atoms with van der Waals surface area (Å²) in [5.41, 5.74) is 0. The first-order valence-electron chi connectivity index (χ1n) is 3.85. The highest BCUT2D eigenvalue weighted by molar-refractivity contribution is 5.74. The number of esters is 1. The van der Waals surface area contributed by atoms with E-state index in [1.807, 2.05) is 13.8 Å². The van der Waals surface area contributed by atoms with Crippen molar-refractivity contribution in [3.05, 3.63) is 0 Å². The van der Waals surface area contributed by atoms with Crippen molar-refractivity contribution < 1.29 is 14.3 Å². The van der Waals surface area contributed by atoms with E-state index >= 15 is 0 Å². The summed E-state index contributed by atoms with van der Waals surface area (Å²) in [6, 6.07) is 0. The number of rotatable bonds is 4. The van der Waals surface area contributed by atoms with Gasteiger partial charge in [0.25, 0.3) is 0 Å². The Morgan fingerprint density at radius 2 is 2.00 bits per heavy atom. The number of carbonyl (C=O) groups excluding carboxylic acids is 1. The Morgan fingerprint density at radius 3 is 2.36 bits per heavy atom. The van der Waals surface area contributed by atoms with Gasteiger partial charge in [-0.1, -0.05) is 6.92 Å². The van der Waals surface area contributed by atoms with Gasteiger partial charge in [-0.25, -0.2) is 4.79 Å². The third-order valence-corrected chi connectivity index (χ3v) is 1.58. The topological polar surface area (TPSA) is 35.5 Å². The average molecular weight is 160 g/mol. The smallest absolute Gasteiger partial charge is 0.335 e. The molecular formula is C8H16O3. The second-order valence-corrected chi connectivity index (χ2v) is 2.53. The lowest BCUT2D eigenvalue weighted by Crippen LogP contribution is -2.25. The fourth-order valence-electron chi connectivity index (χ4n) is 0.474. The number of hydrogen-bond donors (Lipinski definition) is 0. The van der Waals surface area contributed by atoms with Gasteiger partial charge in [0.15, 0.2) is 6.10 Å².